The van der Waals surface area contributed by atoms with E-state index in [4.69, 9.17) is 23.1 Å². The first-order valence-corrected chi connectivity index (χ1v) is 15.1. The first kappa shape index (κ1) is 19.6. The number of ether oxygens (including phenoxy) is 4. The van der Waals surface area contributed by atoms with E-state index in [1.807, 2.05) is 6.92 Å². The second-order valence-electron chi connectivity index (χ2n) is 8.13. The molecule has 0 aromatic rings. The summed E-state index contributed by atoms with van der Waals surface area (Å²) in [5, 5.41) is 0. The van der Waals surface area contributed by atoms with Gasteiger partial charge >= 0.3 is 0 Å². The van der Waals surface area contributed by atoms with E-state index in [0.29, 0.717) is 6.10 Å². The Kier molecular flexibility index (Phi) is 6.87. The highest BCUT2D eigenvalue weighted by molar-refractivity contribution is 6.84. The first-order chi connectivity index (χ1) is 10.7. The molecule has 2 atom stereocenters. The minimum Gasteiger partial charge on any atom is -0.455 e. The summed E-state index contributed by atoms with van der Waals surface area (Å²) < 4.78 is 28.3. The molecule has 2 aliphatic rings. The van der Waals surface area contributed by atoms with Crippen molar-refractivity contribution in [3.05, 3.63) is 0 Å². The van der Waals surface area contributed by atoms with Crippen LogP contribution in [0.1, 0.15) is 19.8 Å². The molecular formula is C16H34O5Si2. The van der Waals surface area contributed by atoms with Gasteiger partial charge in [0.05, 0.1) is 13.2 Å². The molecule has 7 heteroatoms. The molecular weight excluding hydrogens is 328 g/mol. The first-order valence-electron chi connectivity index (χ1n) is 8.87. The van der Waals surface area contributed by atoms with E-state index < -0.39 is 16.6 Å². The summed E-state index contributed by atoms with van der Waals surface area (Å²) in [4.78, 5) is 0. The van der Waals surface area contributed by atoms with E-state index in [-0.39, 0.29) is 5.79 Å². The molecule has 0 spiro atoms. The summed E-state index contributed by atoms with van der Waals surface area (Å²) >= 11 is 0. The lowest BCUT2D eigenvalue weighted by Gasteiger charge is -2.34. The molecule has 23 heavy (non-hydrogen) atoms. The maximum Gasteiger partial charge on any atom is 0.189 e. The van der Waals surface area contributed by atoms with Crippen molar-refractivity contribution in [3.8, 4) is 0 Å². The number of hydrogen-bond donors (Lipinski definition) is 0. The summed E-state index contributed by atoms with van der Waals surface area (Å²) in [5.74, 6) is -0.286. The fourth-order valence-corrected chi connectivity index (χ4v) is 11.6. The Labute approximate surface area is 143 Å². The van der Waals surface area contributed by atoms with Gasteiger partial charge in [-0.25, -0.2) is 0 Å². The highest BCUT2D eigenvalue weighted by Crippen LogP contribution is 2.28. The average Bonchev–Trinajstić information content (AvgIpc) is 3.32. The molecule has 2 heterocycles. The van der Waals surface area contributed by atoms with Gasteiger partial charge in [-0.15, -0.1) is 0 Å². The topological polar surface area (TPSA) is 52.8 Å². The van der Waals surface area contributed by atoms with Crippen molar-refractivity contribution in [3.63, 3.8) is 0 Å². The second-order valence-corrected chi connectivity index (χ2v) is 17.0. The molecule has 0 aromatic carbocycles. The molecule has 0 N–H and O–H groups in total. The normalized spacial score (nSPS) is 27.3. The monoisotopic (exact) mass is 362 g/mol. The van der Waals surface area contributed by atoms with E-state index >= 15 is 0 Å². The highest BCUT2D eigenvalue weighted by Gasteiger charge is 2.40. The van der Waals surface area contributed by atoms with Gasteiger partial charge < -0.3 is 23.1 Å². The van der Waals surface area contributed by atoms with Gasteiger partial charge in [-0.3, -0.25) is 0 Å². The van der Waals surface area contributed by atoms with Gasteiger partial charge in [-0.1, -0.05) is 0 Å². The van der Waals surface area contributed by atoms with Gasteiger partial charge in [0.15, 0.2) is 22.4 Å². The van der Waals surface area contributed by atoms with Crippen molar-refractivity contribution in [2.24, 2.45) is 0 Å². The third-order valence-corrected chi connectivity index (χ3v) is 11.7. The van der Waals surface area contributed by atoms with Crippen LogP contribution in [0, 0.1) is 0 Å². The third kappa shape index (κ3) is 8.76. The lowest BCUT2D eigenvalue weighted by molar-refractivity contribution is -0.0292. The number of epoxide rings is 2. The maximum atomic E-state index is 6.62. The molecule has 5 nitrogen and oxygen atoms in total. The molecule has 136 valence electrons. The lowest BCUT2D eigenvalue weighted by Crippen LogP contribution is -2.44. The van der Waals surface area contributed by atoms with Crippen LogP contribution in [0.2, 0.25) is 38.3 Å². The van der Waals surface area contributed by atoms with Crippen LogP contribution in [0.15, 0.2) is 0 Å². The van der Waals surface area contributed by atoms with Crippen LogP contribution < -0.4 is 0 Å². The molecule has 2 unspecified atom stereocenters. The fraction of sp³-hybridized carbons (Fsp3) is 1.00. The molecule has 0 aromatic heterocycles. The van der Waals surface area contributed by atoms with Crippen molar-refractivity contribution < 1.29 is 23.1 Å². The summed E-state index contributed by atoms with van der Waals surface area (Å²) in [6.07, 6.45) is 2.52. The second kappa shape index (κ2) is 8.08. The van der Waals surface area contributed by atoms with Crippen LogP contribution in [-0.2, 0) is 23.1 Å². The van der Waals surface area contributed by atoms with Crippen LogP contribution in [0.5, 0.6) is 0 Å². The Morgan fingerprint density at radius 2 is 1.61 bits per heavy atom. The van der Waals surface area contributed by atoms with Gasteiger partial charge in [0.25, 0.3) is 0 Å². The largest absolute Gasteiger partial charge is 0.455 e. The van der Waals surface area contributed by atoms with Gasteiger partial charge in [-0.2, -0.15) is 0 Å². The molecule has 0 radical (unpaired) electrons. The van der Waals surface area contributed by atoms with Gasteiger partial charge in [-0.05, 0) is 58.0 Å². The Balaban J connectivity index is 1.54. The van der Waals surface area contributed by atoms with E-state index in [0.717, 1.165) is 58.0 Å². The third-order valence-electron chi connectivity index (χ3n) is 4.21. The predicted molar refractivity (Wildman–Crippen MR) is 95.8 cm³/mol. The maximum absolute atomic E-state index is 6.62. The molecule has 2 saturated heterocycles. The van der Waals surface area contributed by atoms with Crippen molar-refractivity contribution in [2.75, 3.05) is 33.0 Å². The van der Waals surface area contributed by atoms with E-state index in [1.54, 1.807) is 0 Å². The highest BCUT2D eigenvalue weighted by atomic mass is 28.4. The van der Waals surface area contributed by atoms with Crippen molar-refractivity contribution >= 4 is 16.6 Å². The summed E-state index contributed by atoms with van der Waals surface area (Å²) in [6.45, 7) is 15.3. The Morgan fingerprint density at radius 1 is 1.04 bits per heavy atom. The number of hydrogen-bond acceptors (Lipinski definition) is 5. The number of rotatable bonds is 13. The molecule has 2 fully saturated rings. The van der Waals surface area contributed by atoms with Crippen molar-refractivity contribution in [1.29, 1.82) is 0 Å². The Bertz CT molecular complexity index is 367. The summed E-state index contributed by atoms with van der Waals surface area (Å²) in [6, 6.07) is 2.31. The van der Waals surface area contributed by atoms with Gasteiger partial charge in [0.1, 0.15) is 12.7 Å². The van der Waals surface area contributed by atoms with Crippen molar-refractivity contribution in [2.45, 2.75) is 69.9 Å². The summed E-state index contributed by atoms with van der Waals surface area (Å²) in [5.41, 5.74) is 0. The predicted octanol–water partition coefficient (Wildman–Crippen LogP) is 3.37. The Morgan fingerprint density at radius 3 is 2.13 bits per heavy atom. The molecule has 0 amide bonds. The average molecular weight is 363 g/mol. The van der Waals surface area contributed by atoms with E-state index in [9.17, 15) is 0 Å². The molecule has 0 bridgehead atoms. The van der Waals surface area contributed by atoms with Crippen LogP contribution in [0.4, 0.5) is 0 Å². The van der Waals surface area contributed by atoms with Gasteiger partial charge in [0, 0.05) is 13.2 Å². The van der Waals surface area contributed by atoms with Crippen LogP contribution in [-0.4, -0.2) is 61.6 Å². The Hall–Kier alpha value is 0.234. The van der Waals surface area contributed by atoms with Crippen LogP contribution in [0.25, 0.3) is 0 Å². The zero-order chi connectivity index (χ0) is 17.0. The van der Waals surface area contributed by atoms with Crippen molar-refractivity contribution in [1.82, 2.24) is 0 Å². The fourth-order valence-electron chi connectivity index (χ4n) is 2.80. The standard InChI is InChI=1S/C16H34O5Si2/c1-16(14-20-16)19-9-7-11-23(4,5)21-22(2,3)10-6-8-17-12-15-13-18-15/h15H,6-14H2,1-5H3. The molecule has 0 aliphatic carbocycles. The van der Waals surface area contributed by atoms with E-state index in [1.165, 1.54) is 0 Å². The SMILES string of the molecule is CC1(OCCC[Si](C)(C)O[Si](C)(C)CCCOCC2CO2)CO1. The zero-order valence-corrected chi connectivity index (χ0v) is 17.5. The molecule has 2 aliphatic heterocycles. The van der Waals surface area contributed by atoms with Crippen LogP contribution in [0.3, 0.4) is 0 Å². The van der Waals surface area contributed by atoms with E-state index in [2.05, 4.69) is 26.2 Å². The summed E-state index contributed by atoms with van der Waals surface area (Å²) in [7, 11) is -3.21. The minimum atomic E-state index is -1.61. The van der Waals surface area contributed by atoms with Gasteiger partial charge in [0.2, 0.25) is 0 Å². The minimum absolute atomic E-state index is 0.286. The molecule has 0 saturated carbocycles. The zero-order valence-electron chi connectivity index (χ0n) is 15.5. The molecule has 2 rings (SSSR count). The lowest BCUT2D eigenvalue weighted by atomic mass is 10.4. The quantitative estimate of drug-likeness (QED) is 0.286. The van der Waals surface area contributed by atoms with Crippen LogP contribution >= 0.6 is 0 Å². The smallest absolute Gasteiger partial charge is 0.189 e.